The molecular weight excluding hydrogens is 405 g/mol. The number of nitrogens with one attached hydrogen (secondary N) is 1. The average molecular weight is 422 g/mol. The second-order valence-electron chi connectivity index (χ2n) is 7.06. The zero-order chi connectivity index (χ0) is 22.1. The van der Waals surface area contributed by atoms with Crippen molar-refractivity contribution in [1.29, 1.82) is 0 Å². The number of nitrogens with zero attached hydrogens (tertiary/aromatic N) is 1. The van der Waals surface area contributed by atoms with E-state index in [4.69, 9.17) is 0 Å². The van der Waals surface area contributed by atoms with Gasteiger partial charge in [0.1, 0.15) is 17.5 Å². The monoisotopic (exact) mass is 422 g/mol. The first-order valence-corrected chi connectivity index (χ1v) is 9.49. The van der Waals surface area contributed by atoms with Gasteiger partial charge in [-0.2, -0.15) is 0 Å². The van der Waals surface area contributed by atoms with Crippen LogP contribution < -0.4 is 10.9 Å². The lowest BCUT2D eigenvalue weighted by atomic mass is 10.0. The lowest BCUT2D eigenvalue weighted by molar-refractivity contribution is 0.0951. The van der Waals surface area contributed by atoms with Gasteiger partial charge in [-0.25, -0.2) is 13.2 Å². The number of halogens is 3. The Kier molecular flexibility index (Phi) is 5.33. The molecule has 4 nitrogen and oxygen atoms in total. The highest BCUT2D eigenvalue weighted by Gasteiger charge is 2.22. The van der Waals surface area contributed by atoms with Gasteiger partial charge in [0, 0.05) is 17.6 Å². The molecule has 1 heterocycles. The highest BCUT2D eigenvalue weighted by atomic mass is 19.1. The van der Waals surface area contributed by atoms with E-state index >= 15 is 0 Å². The topological polar surface area (TPSA) is 51.1 Å². The van der Waals surface area contributed by atoms with Crippen LogP contribution in [-0.4, -0.2) is 10.5 Å². The van der Waals surface area contributed by atoms with Crippen LogP contribution in [0.2, 0.25) is 0 Å². The van der Waals surface area contributed by atoms with Crippen molar-refractivity contribution in [2.75, 3.05) is 0 Å². The van der Waals surface area contributed by atoms with Crippen molar-refractivity contribution in [1.82, 2.24) is 9.88 Å². The van der Waals surface area contributed by atoms with Crippen LogP contribution in [0.1, 0.15) is 21.6 Å². The molecule has 0 saturated carbocycles. The van der Waals surface area contributed by atoms with Gasteiger partial charge in [0.15, 0.2) is 0 Å². The number of benzene rings is 3. The van der Waals surface area contributed by atoms with Crippen LogP contribution in [0, 0.1) is 24.4 Å². The van der Waals surface area contributed by atoms with Gasteiger partial charge >= 0.3 is 0 Å². The molecule has 1 aromatic heterocycles. The standard InChI is InChI=1S/C24H17F3N2O2/c1-14-21(23(30)28-13-15-5-2-6-16(25)11-15)19-9-4-10-20(27)22(19)24(31)29(14)18-8-3-7-17(26)12-18/h2-12H,13H2,1H3,(H,28,30). The molecule has 0 aliphatic rings. The summed E-state index contributed by atoms with van der Waals surface area (Å²) in [4.78, 5) is 26.2. The summed E-state index contributed by atoms with van der Waals surface area (Å²) in [6.07, 6.45) is 0. The Hall–Kier alpha value is -3.87. The number of rotatable bonds is 4. The molecule has 7 heteroatoms. The molecule has 0 atom stereocenters. The maximum absolute atomic E-state index is 14.6. The number of carbonyl (C=O) groups excluding carboxylic acids is 1. The van der Waals surface area contributed by atoms with Gasteiger partial charge in [0.25, 0.3) is 11.5 Å². The first kappa shape index (κ1) is 20.4. The number of hydrogen-bond donors (Lipinski definition) is 1. The zero-order valence-electron chi connectivity index (χ0n) is 16.5. The minimum Gasteiger partial charge on any atom is -0.348 e. The smallest absolute Gasteiger partial charge is 0.266 e. The van der Waals surface area contributed by atoms with E-state index in [0.717, 1.165) is 16.7 Å². The van der Waals surface area contributed by atoms with Crippen LogP contribution in [0.15, 0.2) is 71.5 Å². The molecule has 4 aromatic rings. The molecule has 0 bridgehead atoms. The van der Waals surface area contributed by atoms with Gasteiger partial charge in [-0.1, -0.05) is 30.3 Å². The molecule has 0 aliphatic carbocycles. The zero-order valence-corrected chi connectivity index (χ0v) is 16.5. The van der Waals surface area contributed by atoms with Crippen molar-refractivity contribution in [2.45, 2.75) is 13.5 Å². The van der Waals surface area contributed by atoms with Crippen LogP contribution >= 0.6 is 0 Å². The fourth-order valence-electron chi connectivity index (χ4n) is 3.65. The van der Waals surface area contributed by atoms with E-state index in [1.54, 1.807) is 6.07 Å². The van der Waals surface area contributed by atoms with Crippen LogP contribution in [-0.2, 0) is 6.54 Å². The number of carbonyl (C=O) groups is 1. The molecule has 1 amide bonds. The summed E-state index contributed by atoms with van der Waals surface area (Å²) in [6.45, 7) is 1.57. The van der Waals surface area contributed by atoms with Gasteiger partial charge < -0.3 is 5.32 Å². The summed E-state index contributed by atoms with van der Waals surface area (Å²) < 4.78 is 43.0. The highest BCUT2D eigenvalue weighted by molar-refractivity contribution is 6.08. The van der Waals surface area contributed by atoms with Crippen LogP contribution in [0.3, 0.4) is 0 Å². The predicted octanol–water partition coefficient (Wildman–Crippen LogP) is 4.65. The molecule has 0 aliphatic heterocycles. The van der Waals surface area contributed by atoms with Gasteiger partial charge in [-0.15, -0.1) is 0 Å². The summed E-state index contributed by atoms with van der Waals surface area (Å²) in [5.74, 6) is -2.36. The molecule has 0 unspecified atom stereocenters. The van der Waals surface area contributed by atoms with E-state index in [0.29, 0.717) is 5.56 Å². The van der Waals surface area contributed by atoms with Crippen LogP contribution in [0.4, 0.5) is 13.2 Å². The Morgan fingerprint density at radius 3 is 2.32 bits per heavy atom. The van der Waals surface area contributed by atoms with Crippen LogP contribution in [0.5, 0.6) is 0 Å². The Morgan fingerprint density at radius 1 is 0.935 bits per heavy atom. The quantitative estimate of drug-likeness (QED) is 0.521. The third-order valence-electron chi connectivity index (χ3n) is 5.03. The van der Waals surface area contributed by atoms with Crippen molar-refractivity contribution < 1.29 is 18.0 Å². The summed E-state index contributed by atoms with van der Waals surface area (Å²) in [5, 5.41) is 2.56. The molecule has 3 aromatic carbocycles. The minimum atomic E-state index is -0.785. The van der Waals surface area contributed by atoms with E-state index < -0.39 is 28.9 Å². The second-order valence-corrected chi connectivity index (χ2v) is 7.06. The Bertz CT molecular complexity index is 1380. The number of fused-ring (bicyclic) bond motifs is 1. The van der Waals surface area contributed by atoms with E-state index in [1.165, 1.54) is 55.5 Å². The number of amides is 1. The third kappa shape index (κ3) is 3.82. The number of hydrogen-bond acceptors (Lipinski definition) is 2. The van der Waals surface area contributed by atoms with Crippen molar-refractivity contribution in [2.24, 2.45) is 0 Å². The number of pyridine rings is 1. The Labute approximate surface area is 175 Å². The summed E-state index contributed by atoms with van der Waals surface area (Å²) in [5.41, 5.74) is 0.324. The SMILES string of the molecule is Cc1c(C(=O)NCc2cccc(F)c2)c2cccc(F)c2c(=O)n1-c1cccc(F)c1. The predicted molar refractivity (Wildman–Crippen MR) is 112 cm³/mol. The van der Waals surface area contributed by atoms with Crippen LogP contribution in [0.25, 0.3) is 16.5 Å². The molecule has 0 fully saturated rings. The average Bonchev–Trinajstić information content (AvgIpc) is 2.72. The highest BCUT2D eigenvalue weighted by Crippen LogP contribution is 2.24. The number of aromatic nitrogens is 1. The van der Waals surface area contributed by atoms with E-state index in [9.17, 15) is 22.8 Å². The van der Waals surface area contributed by atoms with E-state index in [-0.39, 0.29) is 34.3 Å². The van der Waals surface area contributed by atoms with Crippen molar-refractivity contribution in [3.8, 4) is 5.69 Å². The van der Waals surface area contributed by atoms with Crippen molar-refractivity contribution in [3.63, 3.8) is 0 Å². The summed E-state index contributed by atoms with van der Waals surface area (Å²) >= 11 is 0. The van der Waals surface area contributed by atoms with Gasteiger partial charge in [0.2, 0.25) is 0 Å². The molecule has 1 N–H and O–H groups in total. The lowest BCUT2D eigenvalue weighted by Gasteiger charge is -2.17. The maximum Gasteiger partial charge on any atom is 0.266 e. The molecule has 31 heavy (non-hydrogen) atoms. The lowest BCUT2D eigenvalue weighted by Crippen LogP contribution is -2.30. The fraction of sp³-hybridized carbons (Fsp3) is 0.0833. The molecule has 156 valence electrons. The van der Waals surface area contributed by atoms with E-state index in [2.05, 4.69) is 5.32 Å². The second kappa shape index (κ2) is 8.10. The molecule has 0 radical (unpaired) electrons. The summed E-state index contributed by atoms with van der Waals surface area (Å²) in [7, 11) is 0. The summed E-state index contributed by atoms with van der Waals surface area (Å²) in [6, 6.07) is 15.1. The van der Waals surface area contributed by atoms with Gasteiger partial charge in [-0.05, 0) is 48.9 Å². The van der Waals surface area contributed by atoms with Crippen molar-refractivity contribution in [3.05, 3.63) is 111 Å². The van der Waals surface area contributed by atoms with Gasteiger partial charge in [0.05, 0.1) is 16.6 Å². The largest absolute Gasteiger partial charge is 0.348 e. The fourth-order valence-corrected chi connectivity index (χ4v) is 3.65. The Morgan fingerprint density at radius 2 is 1.61 bits per heavy atom. The first-order chi connectivity index (χ1) is 14.9. The molecule has 0 spiro atoms. The van der Waals surface area contributed by atoms with E-state index in [1.807, 2.05) is 0 Å². The molecule has 4 rings (SSSR count). The van der Waals surface area contributed by atoms with Crippen molar-refractivity contribution >= 4 is 16.7 Å². The third-order valence-corrected chi connectivity index (χ3v) is 5.03. The normalized spacial score (nSPS) is 11.0. The molecule has 0 saturated heterocycles. The molecular formula is C24H17F3N2O2. The maximum atomic E-state index is 14.6. The Balaban J connectivity index is 1.89. The first-order valence-electron chi connectivity index (χ1n) is 9.49. The minimum absolute atomic E-state index is 0.0337. The van der Waals surface area contributed by atoms with Gasteiger partial charge in [-0.3, -0.25) is 14.2 Å².